The molecule has 0 saturated carbocycles. The van der Waals surface area contributed by atoms with Gasteiger partial charge in [-0.1, -0.05) is 20.8 Å². The predicted octanol–water partition coefficient (Wildman–Crippen LogP) is 3.49. The molecule has 0 radical (unpaired) electrons. The molecule has 0 fully saturated rings. The van der Waals surface area contributed by atoms with Gasteiger partial charge in [-0.25, -0.2) is 4.79 Å². The Labute approximate surface area is 120 Å². The van der Waals surface area contributed by atoms with Gasteiger partial charge in [0.2, 0.25) is 0 Å². The highest BCUT2D eigenvalue weighted by molar-refractivity contribution is 5.78. The van der Waals surface area contributed by atoms with E-state index in [9.17, 15) is 18.0 Å². The van der Waals surface area contributed by atoms with Gasteiger partial charge in [0.1, 0.15) is 6.04 Å². The zero-order valence-corrected chi connectivity index (χ0v) is 11.7. The second-order valence-corrected chi connectivity index (χ2v) is 5.65. The average molecular weight is 300 g/mol. The van der Waals surface area contributed by atoms with Gasteiger partial charge in [0.15, 0.2) is 0 Å². The quantitative estimate of drug-likeness (QED) is 0.896. The molecule has 7 heteroatoms. The summed E-state index contributed by atoms with van der Waals surface area (Å²) in [7, 11) is 0. The van der Waals surface area contributed by atoms with Crippen LogP contribution in [0.25, 0.3) is 0 Å². The summed E-state index contributed by atoms with van der Waals surface area (Å²) in [5.74, 6) is -1.17. The molecule has 21 heavy (non-hydrogen) atoms. The smallest absolute Gasteiger partial charge is 0.417 e. The number of halogens is 3. The topological polar surface area (TPSA) is 73.1 Å². The van der Waals surface area contributed by atoms with Crippen molar-refractivity contribution in [2.45, 2.75) is 33.0 Å². The number of aliphatic carboxylic acids is 1. The lowest BCUT2D eigenvalue weighted by Crippen LogP contribution is -2.41. The Morgan fingerprint density at radius 3 is 2.29 bits per heavy atom. The average Bonchev–Trinajstić information content (AvgIpc) is 2.32. The van der Waals surface area contributed by atoms with E-state index in [4.69, 9.17) is 10.4 Å². The van der Waals surface area contributed by atoms with Gasteiger partial charge in [-0.15, -0.1) is 0 Å². The van der Waals surface area contributed by atoms with E-state index in [0.29, 0.717) is 0 Å². The van der Waals surface area contributed by atoms with E-state index in [1.807, 2.05) is 0 Å². The highest BCUT2D eigenvalue weighted by Crippen LogP contribution is 2.34. The summed E-state index contributed by atoms with van der Waals surface area (Å²) < 4.78 is 38.6. The minimum Gasteiger partial charge on any atom is -0.480 e. The summed E-state index contributed by atoms with van der Waals surface area (Å²) in [6.45, 7) is 4.98. The van der Waals surface area contributed by atoms with Gasteiger partial charge >= 0.3 is 12.1 Å². The molecule has 0 saturated heterocycles. The summed E-state index contributed by atoms with van der Waals surface area (Å²) in [6.07, 6.45) is -4.68. The van der Waals surface area contributed by atoms with E-state index in [0.717, 1.165) is 12.1 Å². The minimum atomic E-state index is -4.68. The number of carboxylic acid groups (broad SMARTS) is 1. The maximum atomic E-state index is 12.9. The third kappa shape index (κ3) is 4.12. The summed E-state index contributed by atoms with van der Waals surface area (Å²) in [6, 6.07) is 3.44. The lowest BCUT2D eigenvalue weighted by molar-refractivity contribution is -0.140. The second kappa shape index (κ2) is 5.64. The Morgan fingerprint density at radius 1 is 1.33 bits per heavy atom. The fraction of sp³-hybridized carbons (Fsp3) is 0.429. The van der Waals surface area contributed by atoms with Crippen LogP contribution in [0, 0.1) is 16.7 Å². The zero-order valence-electron chi connectivity index (χ0n) is 11.7. The molecule has 4 nitrogen and oxygen atoms in total. The van der Waals surface area contributed by atoms with E-state index in [1.54, 1.807) is 20.8 Å². The van der Waals surface area contributed by atoms with Crippen LogP contribution in [0.5, 0.6) is 0 Å². The highest BCUT2D eigenvalue weighted by atomic mass is 19.4. The fourth-order valence-electron chi connectivity index (χ4n) is 1.78. The first-order valence-electron chi connectivity index (χ1n) is 6.07. The lowest BCUT2D eigenvalue weighted by Gasteiger charge is -2.29. The van der Waals surface area contributed by atoms with Gasteiger partial charge in [-0.2, -0.15) is 18.4 Å². The molecule has 0 bridgehead atoms. The number of nitrogens with zero attached hydrogens (tertiary/aromatic N) is 1. The van der Waals surface area contributed by atoms with Crippen LogP contribution in [-0.2, 0) is 11.0 Å². The van der Waals surface area contributed by atoms with E-state index >= 15 is 0 Å². The predicted molar refractivity (Wildman–Crippen MR) is 70.7 cm³/mol. The van der Waals surface area contributed by atoms with Gasteiger partial charge in [0.25, 0.3) is 0 Å². The van der Waals surface area contributed by atoms with Gasteiger partial charge in [0.05, 0.1) is 17.2 Å². The molecule has 0 unspecified atom stereocenters. The van der Waals surface area contributed by atoms with Crippen molar-refractivity contribution in [2.24, 2.45) is 5.41 Å². The second-order valence-electron chi connectivity index (χ2n) is 5.65. The van der Waals surface area contributed by atoms with Crippen molar-refractivity contribution in [2.75, 3.05) is 5.32 Å². The van der Waals surface area contributed by atoms with E-state index in [-0.39, 0.29) is 5.69 Å². The van der Waals surface area contributed by atoms with E-state index < -0.39 is 34.7 Å². The van der Waals surface area contributed by atoms with Crippen LogP contribution in [0.15, 0.2) is 18.2 Å². The molecule has 0 aromatic heterocycles. The highest BCUT2D eigenvalue weighted by Gasteiger charge is 2.35. The molecule has 0 aliphatic carbocycles. The molecule has 1 aromatic carbocycles. The van der Waals surface area contributed by atoms with Crippen LogP contribution in [0.1, 0.15) is 31.9 Å². The Morgan fingerprint density at radius 2 is 1.90 bits per heavy atom. The third-order valence-corrected chi connectivity index (χ3v) is 2.87. The summed E-state index contributed by atoms with van der Waals surface area (Å²) >= 11 is 0. The molecule has 0 aliphatic rings. The first-order valence-corrected chi connectivity index (χ1v) is 6.07. The van der Waals surface area contributed by atoms with E-state index in [1.165, 1.54) is 12.1 Å². The number of benzene rings is 1. The van der Waals surface area contributed by atoms with Crippen LogP contribution in [0.2, 0.25) is 0 Å². The molecule has 0 heterocycles. The molecule has 0 spiro atoms. The van der Waals surface area contributed by atoms with Gasteiger partial charge in [-0.3, -0.25) is 0 Å². The normalized spacial score (nSPS) is 13.4. The minimum absolute atomic E-state index is 0.00338. The standard InChI is InChI=1S/C14H15F3N2O2/c1-13(2,3)11(12(20)21)19-9-5-4-8(7-18)10(6-9)14(15,16)17/h4-6,11,19H,1-3H3,(H,20,21)/t11-/m0/s1. The molecule has 114 valence electrons. The number of nitrogens with one attached hydrogen (secondary N) is 1. The van der Waals surface area contributed by atoms with Crippen LogP contribution >= 0.6 is 0 Å². The molecule has 2 N–H and O–H groups in total. The zero-order chi connectivity index (χ0) is 16.4. The summed E-state index contributed by atoms with van der Waals surface area (Å²) in [4.78, 5) is 11.2. The molecule has 1 atom stereocenters. The first kappa shape index (κ1) is 16.8. The SMILES string of the molecule is CC(C)(C)[C@@H](Nc1ccc(C#N)c(C(F)(F)F)c1)C(=O)O. The fourth-order valence-corrected chi connectivity index (χ4v) is 1.78. The molecule has 1 rings (SSSR count). The van der Waals surface area contributed by atoms with E-state index in [2.05, 4.69) is 5.32 Å². The number of carbonyl (C=O) groups is 1. The van der Waals surface area contributed by atoms with Crippen molar-refractivity contribution in [1.29, 1.82) is 5.26 Å². The number of anilines is 1. The monoisotopic (exact) mass is 300 g/mol. The van der Waals surface area contributed by atoms with Gasteiger partial charge < -0.3 is 10.4 Å². The molecule has 0 amide bonds. The number of alkyl halides is 3. The molecular weight excluding hydrogens is 285 g/mol. The Balaban J connectivity index is 3.22. The maximum Gasteiger partial charge on any atom is 0.417 e. The van der Waals surface area contributed by atoms with Gasteiger partial charge in [0, 0.05) is 5.69 Å². The number of nitriles is 1. The van der Waals surface area contributed by atoms with Crippen molar-refractivity contribution in [3.05, 3.63) is 29.3 Å². The van der Waals surface area contributed by atoms with Crippen LogP contribution in [-0.4, -0.2) is 17.1 Å². The third-order valence-electron chi connectivity index (χ3n) is 2.87. The molecule has 0 aliphatic heterocycles. The number of hydrogen-bond acceptors (Lipinski definition) is 3. The summed E-state index contributed by atoms with van der Waals surface area (Å²) in [5, 5.41) is 20.4. The summed E-state index contributed by atoms with van der Waals surface area (Å²) in [5.41, 5.74) is -2.29. The number of rotatable bonds is 3. The Hall–Kier alpha value is -2.23. The van der Waals surface area contributed by atoms with Crippen molar-refractivity contribution in [1.82, 2.24) is 0 Å². The molecular formula is C14H15F3N2O2. The number of carboxylic acids is 1. The maximum absolute atomic E-state index is 12.9. The van der Waals surface area contributed by atoms with Crippen molar-refractivity contribution < 1.29 is 23.1 Å². The van der Waals surface area contributed by atoms with Crippen molar-refractivity contribution >= 4 is 11.7 Å². The van der Waals surface area contributed by atoms with Crippen LogP contribution in [0.4, 0.5) is 18.9 Å². The first-order chi connectivity index (χ1) is 9.46. The Bertz CT molecular complexity index is 583. The Kier molecular flexibility index (Phi) is 4.52. The van der Waals surface area contributed by atoms with Crippen molar-refractivity contribution in [3.8, 4) is 6.07 Å². The van der Waals surface area contributed by atoms with Crippen molar-refractivity contribution in [3.63, 3.8) is 0 Å². The molecule has 1 aromatic rings. The van der Waals surface area contributed by atoms with Crippen LogP contribution in [0.3, 0.4) is 0 Å². The van der Waals surface area contributed by atoms with Gasteiger partial charge in [-0.05, 0) is 23.6 Å². The van der Waals surface area contributed by atoms with Crippen LogP contribution < -0.4 is 5.32 Å². The largest absolute Gasteiger partial charge is 0.480 e. The lowest BCUT2D eigenvalue weighted by atomic mass is 9.86. The number of hydrogen-bond donors (Lipinski definition) is 2.